The first-order chi connectivity index (χ1) is 12.3. The number of thiophene rings is 1. The van der Waals surface area contributed by atoms with Crippen LogP contribution in [0.25, 0.3) is 15.7 Å². The van der Waals surface area contributed by atoms with Gasteiger partial charge in [0.1, 0.15) is 0 Å². The average Bonchev–Trinajstić information content (AvgIpc) is 3.29. The Kier molecular flexibility index (Phi) is 4.95. The van der Waals surface area contributed by atoms with Gasteiger partial charge in [-0.05, 0) is 36.3 Å². The molecule has 0 saturated heterocycles. The van der Waals surface area contributed by atoms with E-state index >= 15 is 0 Å². The highest BCUT2D eigenvalue weighted by Gasteiger charge is 2.19. The summed E-state index contributed by atoms with van der Waals surface area (Å²) >= 11 is 3.14. The van der Waals surface area contributed by atoms with Gasteiger partial charge in [-0.15, -0.1) is 22.7 Å². The van der Waals surface area contributed by atoms with Crippen LogP contribution in [0.2, 0.25) is 0 Å². The van der Waals surface area contributed by atoms with Crippen LogP contribution in [0.4, 0.5) is 5.13 Å². The summed E-state index contributed by atoms with van der Waals surface area (Å²) in [6.45, 7) is 0. The Morgan fingerprint density at radius 3 is 2.80 bits per heavy atom. The van der Waals surface area contributed by atoms with Crippen LogP contribution in [-0.4, -0.2) is 10.9 Å². The minimum Gasteiger partial charge on any atom is -0.298 e. The summed E-state index contributed by atoms with van der Waals surface area (Å²) in [5, 5.41) is 6.68. The molecule has 1 N–H and O–H groups in total. The fourth-order valence-electron chi connectivity index (χ4n) is 3.37. The van der Waals surface area contributed by atoms with Gasteiger partial charge in [0, 0.05) is 21.2 Å². The molecule has 4 rings (SSSR count). The van der Waals surface area contributed by atoms with Crippen LogP contribution < -0.4 is 5.32 Å². The van der Waals surface area contributed by atoms with E-state index in [0.29, 0.717) is 11.0 Å². The smallest absolute Gasteiger partial charge is 0.258 e. The number of benzene rings is 1. The lowest BCUT2D eigenvalue weighted by molar-refractivity contribution is -0.111. The molecule has 0 radical (unpaired) electrons. The molecule has 1 aliphatic carbocycles. The molecule has 25 heavy (non-hydrogen) atoms. The summed E-state index contributed by atoms with van der Waals surface area (Å²) in [6.07, 6.45) is 10.1. The zero-order valence-electron chi connectivity index (χ0n) is 13.9. The van der Waals surface area contributed by atoms with Crippen molar-refractivity contribution in [2.75, 3.05) is 5.32 Å². The number of carbonyl (C=O) groups excluding carboxylic acids is 1. The maximum atomic E-state index is 13.0. The van der Waals surface area contributed by atoms with Crippen molar-refractivity contribution in [1.82, 2.24) is 4.98 Å². The molecule has 0 bridgehead atoms. The van der Waals surface area contributed by atoms with Gasteiger partial charge >= 0.3 is 0 Å². The summed E-state index contributed by atoms with van der Waals surface area (Å²) in [7, 11) is 0. The van der Waals surface area contributed by atoms with Crippen LogP contribution in [0.1, 0.15) is 37.0 Å². The summed E-state index contributed by atoms with van der Waals surface area (Å²) in [5.41, 5.74) is 0.795. The van der Waals surface area contributed by atoms with E-state index in [1.54, 1.807) is 17.5 Å². The van der Waals surface area contributed by atoms with Gasteiger partial charge in [-0.1, -0.05) is 43.5 Å². The Hall–Kier alpha value is -1.98. The summed E-state index contributed by atoms with van der Waals surface area (Å²) < 4.78 is 1.22. The van der Waals surface area contributed by atoms with E-state index in [0.717, 1.165) is 10.5 Å². The molecule has 0 unspecified atom stereocenters. The second-order valence-corrected chi connectivity index (χ2v) is 8.40. The number of nitrogens with one attached hydrogen (secondary N) is 1. The Morgan fingerprint density at radius 1 is 1.20 bits per heavy atom. The van der Waals surface area contributed by atoms with Gasteiger partial charge in [-0.2, -0.15) is 0 Å². The molecular formula is C20H20N2OS2. The van der Waals surface area contributed by atoms with E-state index in [-0.39, 0.29) is 5.91 Å². The lowest BCUT2D eigenvalue weighted by Gasteiger charge is -2.19. The zero-order valence-corrected chi connectivity index (χ0v) is 15.5. The predicted octanol–water partition coefficient (Wildman–Crippen LogP) is 5.96. The minimum atomic E-state index is -0.0490. The molecule has 0 spiro atoms. The third kappa shape index (κ3) is 3.83. The normalized spacial score (nSPS) is 16.2. The average molecular weight is 369 g/mol. The molecule has 1 amide bonds. The van der Waals surface area contributed by atoms with Crippen LogP contribution in [0.5, 0.6) is 0 Å². The molecule has 3 aromatic rings. The van der Waals surface area contributed by atoms with Crippen molar-refractivity contribution in [1.29, 1.82) is 0 Å². The highest BCUT2D eigenvalue weighted by Crippen LogP contribution is 2.34. The Morgan fingerprint density at radius 2 is 2.04 bits per heavy atom. The number of fused-ring (bicyclic) bond motifs is 1. The second-order valence-electron chi connectivity index (χ2n) is 6.42. The largest absolute Gasteiger partial charge is 0.298 e. The zero-order chi connectivity index (χ0) is 17.1. The minimum absolute atomic E-state index is 0.0490. The molecule has 128 valence electrons. The summed E-state index contributed by atoms with van der Waals surface area (Å²) in [6, 6.07) is 10.4. The molecule has 1 saturated carbocycles. The van der Waals surface area contributed by atoms with Gasteiger partial charge in [-0.25, -0.2) is 4.98 Å². The number of hydrogen-bond donors (Lipinski definition) is 1. The van der Waals surface area contributed by atoms with Crippen molar-refractivity contribution < 1.29 is 4.79 Å². The molecule has 0 atom stereocenters. The van der Waals surface area contributed by atoms with Crippen LogP contribution >= 0.6 is 22.7 Å². The van der Waals surface area contributed by atoms with Crippen LogP contribution in [0, 0.1) is 5.92 Å². The number of amides is 1. The van der Waals surface area contributed by atoms with Crippen LogP contribution in [-0.2, 0) is 4.79 Å². The van der Waals surface area contributed by atoms with Crippen molar-refractivity contribution in [3.05, 3.63) is 52.9 Å². The Bertz CT molecular complexity index is 856. The van der Waals surface area contributed by atoms with Gasteiger partial charge in [0.25, 0.3) is 5.91 Å². The maximum Gasteiger partial charge on any atom is 0.258 e. The first-order valence-corrected chi connectivity index (χ1v) is 10.4. The number of aromatic nitrogens is 1. The molecule has 2 aromatic heterocycles. The highest BCUT2D eigenvalue weighted by molar-refractivity contribution is 7.20. The fourth-order valence-corrected chi connectivity index (χ4v) is 4.98. The maximum absolute atomic E-state index is 13.0. The van der Waals surface area contributed by atoms with Gasteiger partial charge < -0.3 is 0 Å². The Labute approximate surface area is 155 Å². The number of thiazole rings is 1. The molecule has 1 aliphatic rings. The van der Waals surface area contributed by atoms with Crippen molar-refractivity contribution >= 4 is 49.4 Å². The van der Waals surface area contributed by atoms with Crippen LogP contribution in [0.15, 0.2) is 48.0 Å². The van der Waals surface area contributed by atoms with Crippen molar-refractivity contribution in [3.8, 4) is 0 Å². The lowest BCUT2D eigenvalue weighted by Crippen LogP contribution is -2.15. The molecule has 3 nitrogen and oxygen atoms in total. The van der Waals surface area contributed by atoms with E-state index in [2.05, 4.69) is 34.6 Å². The summed E-state index contributed by atoms with van der Waals surface area (Å²) in [5.74, 6) is 0.447. The number of nitrogens with zero attached hydrogens (tertiary/aromatic N) is 1. The molecule has 1 fully saturated rings. The lowest BCUT2D eigenvalue weighted by atomic mass is 9.87. The van der Waals surface area contributed by atoms with E-state index in [9.17, 15) is 4.79 Å². The standard InChI is InChI=1S/C20H20N2OS2/c23-19(22-20-21-10-11-24-20)16(12-14-6-2-1-3-7-14)18-13-15-8-4-5-9-17(15)25-18/h4-5,8-14H,1-3,6-7H2,(H,21,22,23)/b16-12+. The predicted molar refractivity (Wildman–Crippen MR) is 107 cm³/mol. The molecule has 2 heterocycles. The van der Waals surface area contributed by atoms with Gasteiger partial charge in [0.2, 0.25) is 0 Å². The number of anilines is 1. The summed E-state index contributed by atoms with van der Waals surface area (Å²) in [4.78, 5) is 18.2. The second kappa shape index (κ2) is 7.50. The quantitative estimate of drug-likeness (QED) is 0.577. The SMILES string of the molecule is O=C(Nc1nccs1)/C(=C/C1CCCCC1)c1cc2ccccc2s1. The molecular weight excluding hydrogens is 348 g/mol. The molecule has 5 heteroatoms. The number of allylic oxidation sites excluding steroid dienone is 1. The number of carbonyl (C=O) groups is 1. The monoisotopic (exact) mass is 368 g/mol. The van der Waals surface area contributed by atoms with E-state index < -0.39 is 0 Å². The molecule has 0 aliphatic heterocycles. The molecule has 1 aromatic carbocycles. The first kappa shape index (κ1) is 16.5. The van der Waals surface area contributed by atoms with Gasteiger partial charge in [0.15, 0.2) is 5.13 Å². The van der Waals surface area contributed by atoms with E-state index in [1.165, 1.54) is 53.5 Å². The topological polar surface area (TPSA) is 42.0 Å². The van der Waals surface area contributed by atoms with Crippen LogP contribution in [0.3, 0.4) is 0 Å². The number of rotatable bonds is 4. The van der Waals surface area contributed by atoms with Crippen molar-refractivity contribution in [2.24, 2.45) is 5.92 Å². The third-order valence-electron chi connectivity index (χ3n) is 4.64. The van der Waals surface area contributed by atoms with E-state index in [1.807, 2.05) is 17.5 Å². The Balaban J connectivity index is 1.69. The third-order valence-corrected chi connectivity index (χ3v) is 6.48. The van der Waals surface area contributed by atoms with Crippen molar-refractivity contribution in [2.45, 2.75) is 32.1 Å². The van der Waals surface area contributed by atoms with Gasteiger partial charge in [0.05, 0.1) is 5.57 Å². The van der Waals surface area contributed by atoms with Crippen molar-refractivity contribution in [3.63, 3.8) is 0 Å². The fraction of sp³-hybridized carbons (Fsp3) is 0.300. The highest BCUT2D eigenvalue weighted by atomic mass is 32.1. The van der Waals surface area contributed by atoms with Gasteiger partial charge in [-0.3, -0.25) is 10.1 Å². The number of hydrogen-bond acceptors (Lipinski definition) is 4. The van der Waals surface area contributed by atoms with E-state index in [4.69, 9.17) is 0 Å². The first-order valence-electron chi connectivity index (χ1n) is 8.71.